The van der Waals surface area contributed by atoms with E-state index < -0.39 is 0 Å². The van der Waals surface area contributed by atoms with Crippen molar-refractivity contribution in [3.05, 3.63) is 0 Å². The topological polar surface area (TPSA) is 0 Å². The van der Waals surface area contributed by atoms with Gasteiger partial charge in [-0.15, -0.1) is 0 Å². The van der Waals surface area contributed by atoms with Crippen LogP contribution in [0.4, 0.5) is 0 Å². The molecule has 15 heavy (non-hydrogen) atoms. The predicted molar refractivity (Wildman–Crippen MR) is 70.1 cm³/mol. The molecule has 0 amide bonds. The van der Waals surface area contributed by atoms with E-state index >= 15 is 0 Å². The van der Waals surface area contributed by atoms with Gasteiger partial charge in [0.2, 0.25) is 0 Å². The van der Waals surface area contributed by atoms with Crippen LogP contribution < -0.4 is 0 Å². The summed E-state index contributed by atoms with van der Waals surface area (Å²) in [7, 11) is -0.253. The SMILES string of the molecule is CC(C)(C)[PH+](C1CCCC1)C(C)(C)C.[Pd]. The third kappa shape index (κ3) is 4.46. The molecule has 0 nitrogen and oxygen atoms in total. The molecule has 2 heteroatoms. The fraction of sp³-hybridized carbons (Fsp3) is 1.00. The number of rotatable bonds is 1. The molecule has 0 bridgehead atoms. The third-order valence-corrected chi connectivity index (χ3v) is 8.01. The van der Waals surface area contributed by atoms with Gasteiger partial charge < -0.3 is 0 Å². The van der Waals surface area contributed by atoms with Crippen molar-refractivity contribution >= 4 is 7.92 Å². The molecule has 0 aromatic heterocycles. The fourth-order valence-electron chi connectivity index (χ4n) is 3.56. The van der Waals surface area contributed by atoms with Gasteiger partial charge in [0, 0.05) is 28.3 Å². The Morgan fingerprint density at radius 3 is 1.40 bits per heavy atom. The van der Waals surface area contributed by atoms with E-state index in [9.17, 15) is 0 Å². The molecule has 1 saturated carbocycles. The van der Waals surface area contributed by atoms with E-state index in [1.165, 1.54) is 25.7 Å². The van der Waals surface area contributed by atoms with Crippen LogP contribution in [0.1, 0.15) is 67.2 Å². The molecule has 0 heterocycles. The fourth-order valence-corrected chi connectivity index (χ4v) is 9.25. The Morgan fingerprint density at radius 1 is 0.800 bits per heavy atom. The van der Waals surface area contributed by atoms with Gasteiger partial charge in [-0.1, -0.05) is 0 Å². The summed E-state index contributed by atoms with van der Waals surface area (Å²) in [6.07, 6.45) is 6.02. The average molecular weight is 322 g/mol. The molecule has 1 fully saturated rings. The normalized spacial score (nSPS) is 19.4. The molecule has 0 unspecified atom stereocenters. The van der Waals surface area contributed by atoms with Crippen LogP contribution in [-0.2, 0) is 20.4 Å². The summed E-state index contributed by atoms with van der Waals surface area (Å²) in [4.78, 5) is 0. The van der Waals surface area contributed by atoms with E-state index in [1.807, 2.05) is 0 Å². The quantitative estimate of drug-likeness (QED) is 0.483. The zero-order valence-electron chi connectivity index (χ0n) is 11.2. The summed E-state index contributed by atoms with van der Waals surface area (Å²) >= 11 is 0. The summed E-state index contributed by atoms with van der Waals surface area (Å²) in [6.45, 7) is 14.8. The Kier molecular flexibility index (Phi) is 6.03. The maximum atomic E-state index is 2.46. The van der Waals surface area contributed by atoms with Gasteiger partial charge in [0.15, 0.2) is 0 Å². The van der Waals surface area contributed by atoms with Crippen molar-refractivity contribution in [2.45, 2.75) is 83.2 Å². The van der Waals surface area contributed by atoms with E-state index in [4.69, 9.17) is 0 Å². The third-order valence-electron chi connectivity index (χ3n) is 3.38. The minimum Gasteiger partial charge on any atom is -0.0494 e. The molecule has 0 N–H and O–H groups in total. The summed E-state index contributed by atoms with van der Waals surface area (Å²) < 4.78 is 0. The molecule has 0 atom stereocenters. The van der Waals surface area contributed by atoms with Crippen LogP contribution in [0.15, 0.2) is 0 Å². The molecule has 1 rings (SSSR count). The van der Waals surface area contributed by atoms with Crippen molar-refractivity contribution in [3.8, 4) is 0 Å². The van der Waals surface area contributed by atoms with E-state index in [2.05, 4.69) is 41.5 Å². The van der Waals surface area contributed by atoms with Crippen LogP contribution in [0.3, 0.4) is 0 Å². The van der Waals surface area contributed by atoms with E-state index in [-0.39, 0.29) is 28.3 Å². The Hall–Kier alpha value is 1.09. The second-order valence-electron chi connectivity index (χ2n) is 6.90. The molecule has 0 aromatic carbocycles. The summed E-state index contributed by atoms with van der Waals surface area (Å²) in [5.41, 5.74) is 1.08. The van der Waals surface area contributed by atoms with Crippen molar-refractivity contribution in [2.24, 2.45) is 0 Å². The van der Waals surface area contributed by atoms with Gasteiger partial charge in [0.1, 0.15) is 0 Å². The van der Waals surface area contributed by atoms with Crippen LogP contribution in [0, 0.1) is 0 Å². The first-order valence-electron chi connectivity index (χ1n) is 6.11. The van der Waals surface area contributed by atoms with Crippen LogP contribution in [-0.4, -0.2) is 16.0 Å². The zero-order chi connectivity index (χ0) is 11.0. The maximum Gasteiger partial charge on any atom is 0.0701 e. The Labute approximate surface area is 111 Å². The van der Waals surface area contributed by atoms with Crippen LogP contribution in [0.5, 0.6) is 0 Å². The smallest absolute Gasteiger partial charge is 0.0494 e. The first kappa shape index (κ1) is 16.1. The average Bonchev–Trinajstić information content (AvgIpc) is 2.31. The molecule has 0 saturated heterocycles. The molecule has 0 aliphatic heterocycles. The molecule has 0 aromatic rings. The van der Waals surface area contributed by atoms with Crippen molar-refractivity contribution in [1.82, 2.24) is 0 Å². The summed E-state index contributed by atoms with van der Waals surface area (Å²) in [5.74, 6) is 0. The van der Waals surface area contributed by atoms with Gasteiger partial charge in [-0.25, -0.2) is 0 Å². The minimum absolute atomic E-state index is 0. The van der Waals surface area contributed by atoms with Crippen molar-refractivity contribution in [1.29, 1.82) is 0 Å². The van der Waals surface area contributed by atoms with Crippen LogP contribution in [0.2, 0.25) is 0 Å². The van der Waals surface area contributed by atoms with Crippen molar-refractivity contribution in [2.75, 3.05) is 0 Å². The summed E-state index contributed by atoms with van der Waals surface area (Å²) in [6, 6.07) is 0. The Morgan fingerprint density at radius 2 is 1.13 bits per heavy atom. The maximum absolute atomic E-state index is 2.46. The van der Waals surface area contributed by atoms with E-state index in [0.29, 0.717) is 10.3 Å². The Balaban J connectivity index is 0.00000196. The molecular weight excluding hydrogens is 294 g/mol. The zero-order valence-corrected chi connectivity index (χ0v) is 13.8. The largest absolute Gasteiger partial charge is 0.0701 e. The van der Waals surface area contributed by atoms with Gasteiger partial charge >= 0.3 is 0 Å². The minimum atomic E-state index is -0.253. The molecule has 1 aliphatic rings. The van der Waals surface area contributed by atoms with E-state index in [1.54, 1.807) is 0 Å². The number of hydrogen-bond acceptors (Lipinski definition) is 0. The predicted octanol–water partition coefficient (Wildman–Crippen LogP) is 4.74. The standard InChI is InChI=1S/C13H27P.Pd/c1-12(2,3)14(13(4,5)6)11-9-7-8-10-11;/h11H,7-10H2,1-6H3;/p+1. The van der Waals surface area contributed by atoms with Gasteiger partial charge in [0.05, 0.1) is 16.0 Å². The second-order valence-corrected chi connectivity index (χ2v) is 11.5. The molecule has 0 spiro atoms. The van der Waals surface area contributed by atoms with Gasteiger partial charge in [-0.05, 0) is 67.2 Å². The number of hydrogen-bond donors (Lipinski definition) is 0. The Bertz CT molecular complexity index is 168. The molecule has 1 aliphatic carbocycles. The first-order chi connectivity index (χ1) is 6.23. The molecule has 94 valence electrons. The van der Waals surface area contributed by atoms with Crippen LogP contribution in [0.25, 0.3) is 0 Å². The summed E-state index contributed by atoms with van der Waals surface area (Å²) in [5, 5.41) is 1.13. The van der Waals surface area contributed by atoms with Crippen molar-refractivity contribution < 1.29 is 20.4 Å². The van der Waals surface area contributed by atoms with E-state index in [0.717, 1.165) is 5.66 Å². The second kappa shape index (κ2) is 5.62. The molecular formula is C13H28PPd+. The first-order valence-corrected chi connectivity index (χ1v) is 7.68. The van der Waals surface area contributed by atoms with Crippen LogP contribution >= 0.6 is 7.92 Å². The van der Waals surface area contributed by atoms with Gasteiger partial charge in [-0.2, -0.15) is 0 Å². The van der Waals surface area contributed by atoms with Gasteiger partial charge in [-0.3, -0.25) is 0 Å². The monoisotopic (exact) mass is 321 g/mol. The van der Waals surface area contributed by atoms with Gasteiger partial charge in [0.25, 0.3) is 0 Å². The van der Waals surface area contributed by atoms with Crippen molar-refractivity contribution in [3.63, 3.8) is 0 Å². The molecule has 0 radical (unpaired) electrons.